The molecule has 0 saturated carbocycles. The van der Waals surface area contributed by atoms with Crippen molar-refractivity contribution in [1.29, 1.82) is 0 Å². The van der Waals surface area contributed by atoms with E-state index >= 15 is 0 Å². The molecule has 2 aliphatic heterocycles. The van der Waals surface area contributed by atoms with Crippen molar-refractivity contribution in [2.75, 3.05) is 54.5 Å². The quantitative estimate of drug-likeness (QED) is 0.191. The molecule has 0 spiro atoms. The number of likely N-dealkylation sites (tertiary alicyclic amines) is 2. The van der Waals surface area contributed by atoms with Gasteiger partial charge in [-0.2, -0.15) is 0 Å². The molecule has 5 rings (SSSR count). The molecule has 2 aliphatic rings. The van der Waals surface area contributed by atoms with Gasteiger partial charge in [0, 0.05) is 51.9 Å². The van der Waals surface area contributed by atoms with Gasteiger partial charge in [-0.25, -0.2) is 19.7 Å². The minimum Gasteiger partial charge on any atom is -0.449 e. The third kappa shape index (κ3) is 13.8. The Kier molecular flexibility index (Phi) is 17.2. The summed E-state index contributed by atoms with van der Waals surface area (Å²) in [6.45, 7) is 4.10. The average Bonchev–Trinajstić information content (AvgIpc) is 3.84. The molecule has 0 bridgehead atoms. The maximum atomic E-state index is 12.0. The van der Waals surface area contributed by atoms with Crippen LogP contribution in [0.2, 0.25) is 0 Å². The van der Waals surface area contributed by atoms with E-state index in [1.54, 1.807) is 19.0 Å². The van der Waals surface area contributed by atoms with Crippen LogP contribution in [0.5, 0.6) is 0 Å². The SMILES string of the molecule is CON(C)C(=O)C1CCN(C(=O)OCc2ccccc2)C1.CON(C)C(=O)C1CCN(Cc2ccccc2)C1.O=C(Cl)OCc1ccccc1. The van der Waals surface area contributed by atoms with E-state index in [1.807, 2.05) is 78.9 Å². The van der Waals surface area contributed by atoms with Crippen LogP contribution in [0.4, 0.5) is 9.59 Å². The van der Waals surface area contributed by atoms with Crippen LogP contribution in [0, 0.1) is 11.8 Å². The molecule has 13 heteroatoms. The van der Waals surface area contributed by atoms with Crippen LogP contribution in [-0.4, -0.2) is 97.8 Å². The molecule has 270 valence electrons. The van der Waals surface area contributed by atoms with E-state index in [2.05, 4.69) is 21.8 Å². The van der Waals surface area contributed by atoms with Crippen molar-refractivity contribution in [3.8, 4) is 0 Å². The fourth-order valence-electron chi connectivity index (χ4n) is 5.37. The minimum atomic E-state index is -0.770. The summed E-state index contributed by atoms with van der Waals surface area (Å²) in [6, 6.07) is 29.2. The van der Waals surface area contributed by atoms with E-state index in [0.29, 0.717) is 19.5 Å². The number of hydrogen-bond acceptors (Lipinski definition) is 9. The predicted molar refractivity (Wildman–Crippen MR) is 188 cm³/mol. The number of carbonyl (C=O) groups is 4. The van der Waals surface area contributed by atoms with E-state index < -0.39 is 5.43 Å². The number of ether oxygens (including phenoxy) is 2. The summed E-state index contributed by atoms with van der Waals surface area (Å²) in [7, 11) is 6.20. The Bertz CT molecular complexity index is 1470. The van der Waals surface area contributed by atoms with E-state index in [4.69, 9.17) is 26.0 Å². The van der Waals surface area contributed by atoms with Crippen LogP contribution in [0.25, 0.3) is 0 Å². The van der Waals surface area contributed by atoms with Crippen molar-refractivity contribution in [3.63, 3.8) is 0 Å². The summed E-state index contributed by atoms with van der Waals surface area (Å²) in [5, 5.41) is 2.53. The Morgan fingerprint density at radius 1 is 0.660 bits per heavy atom. The lowest BCUT2D eigenvalue weighted by Gasteiger charge is -2.19. The van der Waals surface area contributed by atoms with Crippen molar-refractivity contribution in [2.45, 2.75) is 32.6 Å². The van der Waals surface area contributed by atoms with Gasteiger partial charge in [0.2, 0.25) is 5.91 Å². The Labute approximate surface area is 299 Å². The lowest BCUT2D eigenvalue weighted by Crippen LogP contribution is -2.35. The average molecular weight is 711 g/mol. The third-order valence-corrected chi connectivity index (χ3v) is 8.34. The molecule has 3 aromatic carbocycles. The van der Waals surface area contributed by atoms with Gasteiger partial charge in [0.15, 0.2) is 0 Å². The summed E-state index contributed by atoms with van der Waals surface area (Å²) in [4.78, 5) is 59.7. The topological polar surface area (TPSA) is 118 Å². The van der Waals surface area contributed by atoms with Gasteiger partial charge in [-0.3, -0.25) is 24.2 Å². The summed E-state index contributed by atoms with van der Waals surface area (Å²) >= 11 is 4.97. The Morgan fingerprint density at radius 2 is 1.10 bits per heavy atom. The highest BCUT2D eigenvalue weighted by Gasteiger charge is 2.34. The number of rotatable bonds is 10. The van der Waals surface area contributed by atoms with Gasteiger partial charge in [-0.15, -0.1) is 0 Å². The summed E-state index contributed by atoms with van der Waals surface area (Å²) < 4.78 is 9.81. The standard InChI is InChI=1S/C15H20N2O4.C14H20N2O2.C8H7ClO2/c1-16(20-2)14(18)13-8-9-17(10-13)15(19)21-11-12-6-4-3-5-7-12;1-15(18-2)14(17)13-8-9-16(11-13)10-12-6-4-3-5-7-12;9-8(10)11-6-7-4-2-1-3-5-7/h3-7,13H,8-11H2,1-2H3;3-7,13H,8-11H2,1-2H3;1-5H,6H2. The molecule has 0 radical (unpaired) electrons. The number of halogens is 1. The molecule has 0 aromatic heterocycles. The highest BCUT2D eigenvalue weighted by atomic mass is 35.5. The Morgan fingerprint density at radius 3 is 1.58 bits per heavy atom. The van der Waals surface area contributed by atoms with Crippen molar-refractivity contribution in [1.82, 2.24) is 19.9 Å². The second-order valence-corrected chi connectivity index (χ2v) is 12.0. The molecule has 0 aliphatic carbocycles. The smallest absolute Gasteiger partial charge is 0.410 e. The number of amides is 3. The number of hydroxylamine groups is 4. The highest BCUT2D eigenvalue weighted by Crippen LogP contribution is 2.21. The lowest BCUT2D eigenvalue weighted by atomic mass is 10.1. The molecule has 2 fully saturated rings. The molecule has 2 atom stereocenters. The molecule has 3 aromatic rings. The Hall–Kier alpha value is -4.49. The second kappa shape index (κ2) is 21.6. The van der Waals surface area contributed by atoms with Crippen LogP contribution < -0.4 is 0 Å². The first-order valence-electron chi connectivity index (χ1n) is 16.3. The van der Waals surface area contributed by atoms with E-state index in [9.17, 15) is 19.2 Å². The van der Waals surface area contributed by atoms with Gasteiger partial charge in [-0.05, 0) is 36.1 Å². The van der Waals surface area contributed by atoms with Crippen molar-refractivity contribution in [3.05, 3.63) is 108 Å². The zero-order valence-corrected chi connectivity index (χ0v) is 29.9. The molecule has 0 N–H and O–H groups in total. The first-order chi connectivity index (χ1) is 24.1. The van der Waals surface area contributed by atoms with Crippen LogP contribution in [0.1, 0.15) is 29.5 Å². The van der Waals surface area contributed by atoms with Gasteiger partial charge in [0.1, 0.15) is 13.2 Å². The molecule has 2 unspecified atom stereocenters. The van der Waals surface area contributed by atoms with E-state index in [-0.39, 0.29) is 43.0 Å². The van der Waals surface area contributed by atoms with Gasteiger partial charge >= 0.3 is 11.5 Å². The molecule has 2 heterocycles. The van der Waals surface area contributed by atoms with Crippen LogP contribution in [0.3, 0.4) is 0 Å². The minimum absolute atomic E-state index is 0.0682. The predicted octanol–water partition coefficient (Wildman–Crippen LogP) is 5.76. The van der Waals surface area contributed by atoms with Gasteiger partial charge in [0.25, 0.3) is 5.91 Å². The van der Waals surface area contributed by atoms with Crippen LogP contribution in [-0.2, 0) is 48.5 Å². The van der Waals surface area contributed by atoms with Gasteiger partial charge in [-0.1, -0.05) is 91.0 Å². The molecular formula is C37H47ClN4O8. The number of nitrogens with zero attached hydrogens (tertiary/aromatic N) is 4. The third-order valence-electron chi connectivity index (χ3n) is 8.24. The monoisotopic (exact) mass is 710 g/mol. The zero-order valence-electron chi connectivity index (χ0n) is 29.1. The zero-order chi connectivity index (χ0) is 36.3. The molecule has 50 heavy (non-hydrogen) atoms. The lowest BCUT2D eigenvalue weighted by molar-refractivity contribution is -0.173. The fraction of sp³-hybridized carbons (Fsp3) is 0.405. The van der Waals surface area contributed by atoms with Gasteiger partial charge in [0.05, 0.1) is 26.1 Å². The second-order valence-electron chi connectivity index (χ2n) is 11.7. The highest BCUT2D eigenvalue weighted by molar-refractivity contribution is 6.61. The largest absolute Gasteiger partial charge is 0.449 e. The molecule has 2 saturated heterocycles. The van der Waals surface area contributed by atoms with Crippen LogP contribution >= 0.6 is 11.6 Å². The van der Waals surface area contributed by atoms with Crippen LogP contribution in [0.15, 0.2) is 91.0 Å². The summed E-state index contributed by atoms with van der Waals surface area (Å²) in [6.07, 6.45) is 1.17. The number of carbonyl (C=O) groups excluding carboxylic acids is 4. The van der Waals surface area contributed by atoms with Crippen molar-refractivity contribution in [2.24, 2.45) is 11.8 Å². The summed E-state index contributed by atoms with van der Waals surface area (Å²) in [5.41, 5.74) is 2.40. The fourth-order valence-corrected chi connectivity index (χ4v) is 5.42. The first kappa shape index (κ1) is 39.9. The van der Waals surface area contributed by atoms with Crippen molar-refractivity contribution >= 4 is 34.9 Å². The molecule has 12 nitrogen and oxygen atoms in total. The van der Waals surface area contributed by atoms with E-state index in [1.165, 1.54) is 29.9 Å². The van der Waals surface area contributed by atoms with Crippen molar-refractivity contribution < 1.29 is 38.3 Å². The molecular weight excluding hydrogens is 664 g/mol. The maximum absolute atomic E-state index is 12.0. The summed E-state index contributed by atoms with van der Waals surface area (Å²) in [5.74, 6) is -0.193. The first-order valence-corrected chi connectivity index (χ1v) is 16.7. The molecule has 3 amide bonds. The maximum Gasteiger partial charge on any atom is 0.410 e. The number of hydrogen-bond donors (Lipinski definition) is 0. The van der Waals surface area contributed by atoms with E-state index in [0.717, 1.165) is 37.2 Å². The normalized spacial score (nSPS) is 16.6. The Balaban J connectivity index is 0.000000212. The van der Waals surface area contributed by atoms with Gasteiger partial charge < -0.3 is 14.4 Å². The number of benzene rings is 3.